The molecule has 0 saturated carbocycles. The van der Waals surface area contributed by atoms with Crippen LogP contribution < -0.4 is 0 Å². The highest BCUT2D eigenvalue weighted by atomic mass is 16.3. The molecule has 0 atom stereocenters. The van der Waals surface area contributed by atoms with Gasteiger partial charge in [0.25, 0.3) is 0 Å². The number of aromatic hydroxyl groups is 3. The van der Waals surface area contributed by atoms with Gasteiger partial charge in [-0.3, -0.25) is 0 Å². The van der Waals surface area contributed by atoms with Gasteiger partial charge in [-0.1, -0.05) is 6.07 Å². The van der Waals surface area contributed by atoms with Gasteiger partial charge in [0.1, 0.15) is 17.2 Å². The van der Waals surface area contributed by atoms with E-state index in [1.165, 1.54) is 18.2 Å². The van der Waals surface area contributed by atoms with E-state index in [1.54, 1.807) is 0 Å². The van der Waals surface area contributed by atoms with Gasteiger partial charge in [-0.2, -0.15) is 0 Å². The van der Waals surface area contributed by atoms with Gasteiger partial charge in [-0.25, -0.2) is 0 Å². The predicted octanol–water partition coefficient (Wildman–Crippen LogP) is 3.09. The molecule has 0 unspecified atom stereocenters. The topological polar surface area (TPSA) is 60.7 Å². The van der Waals surface area contributed by atoms with Crippen LogP contribution in [0.4, 0.5) is 0 Å². The van der Waals surface area contributed by atoms with E-state index in [2.05, 4.69) is 0 Å². The molecule has 17 heavy (non-hydrogen) atoms. The molecule has 0 heterocycles. The van der Waals surface area contributed by atoms with Crippen molar-refractivity contribution in [2.75, 3.05) is 0 Å². The third kappa shape index (κ3) is 2.18. The number of aryl methyl sites for hydroxylation is 2. The number of phenolic OH excluding ortho intramolecular Hbond substituents is 3. The van der Waals surface area contributed by atoms with Gasteiger partial charge in [0.2, 0.25) is 0 Å². The molecule has 0 bridgehead atoms. The summed E-state index contributed by atoms with van der Waals surface area (Å²) in [6.07, 6.45) is 0. The van der Waals surface area contributed by atoms with E-state index in [1.807, 2.05) is 26.0 Å². The van der Waals surface area contributed by atoms with Gasteiger partial charge >= 0.3 is 0 Å². The average Bonchev–Trinajstić information content (AvgIpc) is 2.22. The number of phenols is 3. The Bertz CT molecular complexity index is 554. The summed E-state index contributed by atoms with van der Waals surface area (Å²) >= 11 is 0. The molecule has 3 nitrogen and oxygen atoms in total. The number of hydrogen-bond acceptors (Lipinski definition) is 3. The van der Waals surface area contributed by atoms with Crippen LogP contribution in [0.5, 0.6) is 17.2 Å². The Kier molecular flexibility index (Phi) is 2.68. The highest BCUT2D eigenvalue weighted by Gasteiger charge is 2.09. The van der Waals surface area contributed by atoms with E-state index >= 15 is 0 Å². The lowest BCUT2D eigenvalue weighted by Crippen LogP contribution is -1.85. The first-order chi connectivity index (χ1) is 7.97. The fourth-order valence-electron chi connectivity index (χ4n) is 1.93. The minimum Gasteiger partial charge on any atom is -0.508 e. The Morgan fingerprint density at radius 3 is 1.94 bits per heavy atom. The average molecular weight is 230 g/mol. The predicted molar refractivity (Wildman–Crippen MR) is 66.3 cm³/mol. The molecule has 0 aliphatic heterocycles. The van der Waals surface area contributed by atoms with Crippen LogP contribution >= 0.6 is 0 Å². The lowest BCUT2D eigenvalue weighted by Gasteiger charge is -2.10. The fourth-order valence-corrected chi connectivity index (χ4v) is 1.93. The first kappa shape index (κ1) is 11.3. The van der Waals surface area contributed by atoms with Crippen molar-refractivity contribution in [2.24, 2.45) is 0 Å². The van der Waals surface area contributed by atoms with Crippen molar-refractivity contribution in [3.63, 3.8) is 0 Å². The second-order valence-electron chi connectivity index (χ2n) is 4.22. The summed E-state index contributed by atoms with van der Waals surface area (Å²) < 4.78 is 0. The molecule has 2 rings (SSSR count). The quantitative estimate of drug-likeness (QED) is 0.705. The van der Waals surface area contributed by atoms with E-state index < -0.39 is 0 Å². The lowest BCUT2D eigenvalue weighted by molar-refractivity contribution is 0.450. The summed E-state index contributed by atoms with van der Waals surface area (Å²) in [7, 11) is 0. The zero-order valence-electron chi connectivity index (χ0n) is 9.73. The molecular formula is C14H14O3. The normalized spacial score (nSPS) is 10.5. The summed E-state index contributed by atoms with van der Waals surface area (Å²) in [4.78, 5) is 0. The first-order valence-electron chi connectivity index (χ1n) is 5.31. The van der Waals surface area contributed by atoms with Crippen molar-refractivity contribution in [2.45, 2.75) is 13.8 Å². The third-order valence-corrected chi connectivity index (χ3v) is 2.66. The van der Waals surface area contributed by atoms with E-state index in [0.29, 0.717) is 11.1 Å². The number of benzene rings is 2. The highest BCUT2D eigenvalue weighted by molar-refractivity contribution is 5.74. The minimum atomic E-state index is -0.0291. The van der Waals surface area contributed by atoms with Gasteiger partial charge in [0, 0.05) is 11.6 Å². The second kappa shape index (κ2) is 4.01. The molecule has 88 valence electrons. The Hall–Kier alpha value is -2.16. The maximum atomic E-state index is 9.99. The van der Waals surface area contributed by atoms with E-state index in [9.17, 15) is 15.3 Å². The van der Waals surface area contributed by atoms with Crippen LogP contribution in [0.25, 0.3) is 11.1 Å². The van der Waals surface area contributed by atoms with Gasteiger partial charge in [-0.15, -0.1) is 0 Å². The Balaban J connectivity index is 2.67. The van der Waals surface area contributed by atoms with Crippen molar-refractivity contribution >= 4 is 0 Å². The van der Waals surface area contributed by atoms with Crippen molar-refractivity contribution in [1.82, 2.24) is 0 Å². The van der Waals surface area contributed by atoms with Crippen LogP contribution in [0.3, 0.4) is 0 Å². The largest absolute Gasteiger partial charge is 0.508 e. The Labute approximate surface area is 99.6 Å². The Morgan fingerprint density at radius 1 is 0.765 bits per heavy atom. The lowest BCUT2D eigenvalue weighted by atomic mass is 9.99. The number of hydrogen-bond donors (Lipinski definition) is 3. The molecule has 3 heteroatoms. The zero-order chi connectivity index (χ0) is 12.6. The van der Waals surface area contributed by atoms with Crippen molar-refractivity contribution < 1.29 is 15.3 Å². The molecule has 0 aromatic heterocycles. The monoisotopic (exact) mass is 230 g/mol. The van der Waals surface area contributed by atoms with Gasteiger partial charge < -0.3 is 15.3 Å². The molecular weight excluding hydrogens is 216 g/mol. The van der Waals surface area contributed by atoms with Crippen LogP contribution in [0, 0.1) is 13.8 Å². The van der Waals surface area contributed by atoms with Crippen LogP contribution in [0.1, 0.15) is 11.1 Å². The number of rotatable bonds is 1. The van der Waals surface area contributed by atoms with Crippen LogP contribution in [0.2, 0.25) is 0 Å². The third-order valence-electron chi connectivity index (χ3n) is 2.66. The summed E-state index contributed by atoms with van der Waals surface area (Å²) in [5.41, 5.74) is 2.97. The van der Waals surface area contributed by atoms with Gasteiger partial charge in [-0.05, 0) is 48.7 Å². The Morgan fingerprint density at radius 2 is 1.35 bits per heavy atom. The van der Waals surface area contributed by atoms with Crippen LogP contribution in [-0.4, -0.2) is 15.3 Å². The molecule has 0 fully saturated rings. The molecule has 0 aliphatic rings. The second-order valence-corrected chi connectivity index (χ2v) is 4.22. The van der Waals surface area contributed by atoms with Crippen molar-refractivity contribution in [3.05, 3.63) is 41.5 Å². The molecule has 3 N–H and O–H groups in total. The smallest absolute Gasteiger partial charge is 0.126 e. The maximum absolute atomic E-state index is 9.99. The van der Waals surface area contributed by atoms with Crippen molar-refractivity contribution in [3.8, 4) is 28.4 Å². The molecule has 0 saturated heterocycles. The fraction of sp³-hybridized carbons (Fsp3) is 0.143. The molecule has 0 aliphatic carbocycles. The van der Waals surface area contributed by atoms with Crippen LogP contribution in [0.15, 0.2) is 30.3 Å². The SMILES string of the molecule is Cc1cc(C)c(O)c(-c2cc(O)cc(O)c2)c1. The highest BCUT2D eigenvalue weighted by Crippen LogP contribution is 2.36. The van der Waals surface area contributed by atoms with E-state index in [4.69, 9.17) is 0 Å². The summed E-state index contributed by atoms with van der Waals surface area (Å²) in [5.74, 6) is 0.109. The maximum Gasteiger partial charge on any atom is 0.126 e. The molecule has 0 amide bonds. The summed E-state index contributed by atoms with van der Waals surface area (Å²) in [5, 5.41) is 28.9. The zero-order valence-corrected chi connectivity index (χ0v) is 9.73. The van der Waals surface area contributed by atoms with E-state index in [-0.39, 0.29) is 17.2 Å². The first-order valence-corrected chi connectivity index (χ1v) is 5.31. The summed E-state index contributed by atoms with van der Waals surface area (Å²) in [6.45, 7) is 3.74. The standard InChI is InChI=1S/C14H14O3/c1-8-3-9(2)14(17)13(4-8)10-5-11(15)7-12(16)6-10/h3-7,15-17H,1-2H3. The molecule has 0 radical (unpaired) electrons. The molecule has 0 spiro atoms. The molecule has 2 aromatic carbocycles. The molecule has 2 aromatic rings. The minimum absolute atomic E-state index is 0.0291. The van der Waals surface area contributed by atoms with Crippen molar-refractivity contribution in [1.29, 1.82) is 0 Å². The van der Waals surface area contributed by atoms with E-state index in [0.717, 1.165) is 11.1 Å². The van der Waals surface area contributed by atoms with Gasteiger partial charge in [0.15, 0.2) is 0 Å². The van der Waals surface area contributed by atoms with Gasteiger partial charge in [0.05, 0.1) is 0 Å². The summed E-state index contributed by atoms with van der Waals surface area (Å²) in [6, 6.07) is 7.96. The van der Waals surface area contributed by atoms with Crippen LogP contribution in [-0.2, 0) is 0 Å².